The number of hydrazone groups is 1. The number of amides is 1. The zero-order valence-electron chi connectivity index (χ0n) is 17.6. The predicted molar refractivity (Wildman–Crippen MR) is 121 cm³/mol. The first kappa shape index (κ1) is 21.0. The van der Waals surface area contributed by atoms with Crippen LogP contribution in [-0.4, -0.2) is 42.9 Å². The monoisotopic (exact) mass is 426 g/mol. The van der Waals surface area contributed by atoms with Gasteiger partial charge in [0.05, 0.1) is 31.0 Å². The first-order valence-electron chi connectivity index (χ1n) is 10.9. The second-order valence-electron chi connectivity index (χ2n) is 8.09. The number of benzene rings is 1. The fourth-order valence-electron chi connectivity index (χ4n) is 4.12. The Morgan fingerprint density at radius 3 is 2.67 bits per heavy atom. The molecule has 1 aliphatic heterocycles. The molecule has 1 N–H and O–H groups in total. The molecule has 0 atom stereocenters. The minimum Gasteiger partial charge on any atom is -0.378 e. The Labute approximate surface area is 182 Å². The topological polar surface area (TPSA) is 66.8 Å². The summed E-state index contributed by atoms with van der Waals surface area (Å²) >= 11 is 1.58. The molecule has 0 spiro atoms. The minimum absolute atomic E-state index is 0.146. The average molecular weight is 427 g/mol. The van der Waals surface area contributed by atoms with Crippen molar-refractivity contribution in [2.24, 2.45) is 5.10 Å². The third-order valence-corrected chi connectivity index (χ3v) is 6.87. The molecule has 160 valence electrons. The lowest BCUT2D eigenvalue weighted by molar-refractivity contribution is -0.120. The molecule has 4 rings (SSSR count). The van der Waals surface area contributed by atoms with Gasteiger partial charge in [-0.05, 0) is 36.8 Å². The minimum atomic E-state index is -0.146. The fraction of sp³-hybridized carbons (Fsp3) is 0.522. The summed E-state index contributed by atoms with van der Waals surface area (Å²) < 4.78 is 5.38. The van der Waals surface area contributed by atoms with Crippen LogP contribution in [-0.2, 0) is 16.0 Å². The van der Waals surface area contributed by atoms with Gasteiger partial charge in [-0.1, -0.05) is 43.5 Å². The van der Waals surface area contributed by atoms with Crippen LogP contribution in [0.3, 0.4) is 0 Å². The molecule has 7 heteroatoms. The number of thiazole rings is 1. The van der Waals surface area contributed by atoms with Crippen LogP contribution >= 0.6 is 11.3 Å². The number of hydrogen-bond donors (Lipinski definition) is 1. The van der Waals surface area contributed by atoms with Gasteiger partial charge in [0.15, 0.2) is 5.13 Å². The summed E-state index contributed by atoms with van der Waals surface area (Å²) in [6.07, 6.45) is 6.88. The van der Waals surface area contributed by atoms with Gasteiger partial charge in [-0.3, -0.25) is 4.79 Å². The molecular weight excluding hydrogens is 396 g/mol. The van der Waals surface area contributed by atoms with Crippen LogP contribution < -0.4 is 10.3 Å². The van der Waals surface area contributed by atoms with Gasteiger partial charge < -0.3 is 9.64 Å². The number of aromatic nitrogens is 1. The largest absolute Gasteiger partial charge is 0.378 e. The van der Waals surface area contributed by atoms with Crippen LogP contribution in [0.15, 0.2) is 34.7 Å². The van der Waals surface area contributed by atoms with Crippen molar-refractivity contribution in [1.82, 2.24) is 10.4 Å². The normalized spacial score (nSPS) is 18.4. The number of nitrogens with one attached hydrogen (secondary N) is 1. The van der Waals surface area contributed by atoms with E-state index >= 15 is 0 Å². The molecule has 2 heterocycles. The highest BCUT2D eigenvalue weighted by Crippen LogP contribution is 2.32. The van der Waals surface area contributed by atoms with Gasteiger partial charge in [-0.15, -0.1) is 11.3 Å². The molecule has 1 aromatic heterocycles. The van der Waals surface area contributed by atoms with E-state index in [0.29, 0.717) is 5.92 Å². The molecule has 1 aliphatic carbocycles. The Hall–Kier alpha value is -2.25. The van der Waals surface area contributed by atoms with Crippen molar-refractivity contribution in [3.8, 4) is 0 Å². The Kier molecular flexibility index (Phi) is 7.12. The van der Waals surface area contributed by atoms with E-state index in [9.17, 15) is 4.79 Å². The smallest absolute Gasteiger partial charge is 0.246 e. The van der Waals surface area contributed by atoms with E-state index in [4.69, 9.17) is 4.74 Å². The van der Waals surface area contributed by atoms with Crippen LogP contribution in [0.25, 0.3) is 0 Å². The summed E-state index contributed by atoms with van der Waals surface area (Å²) in [5, 5.41) is 7.20. The Morgan fingerprint density at radius 1 is 1.20 bits per heavy atom. The highest BCUT2D eigenvalue weighted by molar-refractivity contribution is 7.13. The first-order chi connectivity index (χ1) is 14.7. The zero-order valence-corrected chi connectivity index (χ0v) is 18.4. The van der Waals surface area contributed by atoms with Crippen molar-refractivity contribution in [2.75, 3.05) is 31.2 Å². The Balaban J connectivity index is 1.29. The number of morpholine rings is 1. The van der Waals surface area contributed by atoms with Crippen molar-refractivity contribution >= 4 is 28.1 Å². The second kappa shape index (κ2) is 10.2. The molecule has 1 saturated heterocycles. The van der Waals surface area contributed by atoms with E-state index in [1.807, 2.05) is 12.3 Å². The third-order valence-electron chi connectivity index (χ3n) is 5.92. The van der Waals surface area contributed by atoms with Gasteiger partial charge in [0.2, 0.25) is 5.91 Å². The number of hydrogen-bond acceptors (Lipinski definition) is 6. The van der Waals surface area contributed by atoms with Crippen molar-refractivity contribution < 1.29 is 9.53 Å². The van der Waals surface area contributed by atoms with Gasteiger partial charge in [0.1, 0.15) is 0 Å². The van der Waals surface area contributed by atoms with Gasteiger partial charge >= 0.3 is 0 Å². The second-order valence-corrected chi connectivity index (χ2v) is 8.92. The van der Waals surface area contributed by atoms with Crippen molar-refractivity contribution in [3.05, 3.63) is 46.5 Å². The summed E-state index contributed by atoms with van der Waals surface area (Å²) in [6, 6.07) is 8.66. The molecule has 2 aliphatic rings. The van der Waals surface area contributed by atoms with Gasteiger partial charge in [-0.2, -0.15) is 5.10 Å². The maximum Gasteiger partial charge on any atom is 0.246 e. The zero-order chi connectivity index (χ0) is 20.8. The highest BCUT2D eigenvalue weighted by Gasteiger charge is 2.17. The summed E-state index contributed by atoms with van der Waals surface area (Å²) in [7, 11) is 0. The van der Waals surface area contributed by atoms with E-state index in [2.05, 4.69) is 44.7 Å². The van der Waals surface area contributed by atoms with Gasteiger partial charge in [-0.25, -0.2) is 10.4 Å². The molecule has 1 aromatic carbocycles. The Morgan fingerprint density at radius 2 is 1.93 bits per heavy atom. The van der Waals surface area contributed by atoms with E-state index < -0.39 is 0 Å². The molecule has 1 saturated carbocycles. The maximum absolute atomic E-state index is 12.3. The maximum atomic E-state index is 12.3. The molecule has 30 heavy (non-hydrogen) atoms. The fourth-order valence-corrected chi connectivity index (χ4v) is 5.00. The lowest BCUT2D eigenvalue weighted by atomic mass is 9.84. The molecule has 0 radical (unpaired) electrons. The molecule has 0 bridgehead atoms. The lowest BCUT2D eigenvalue weighted by Crippen LogP contribution is -2.36. The van der Waals surface area contributed by atoms with Crippen molar-refractivity contribution in [1.29, 1.82) is 0 Å². The number of ether oxygens (including phenoxy) is 1. The van der Waals surface area contributed by atoms with E-state index in [1.165, 1.54) is 37.7 Å². The van der Waals surface area contributed by atoms with Gasteiger partial charge in [0.25, 0.3) is 0 Å². The Bertz CT molecular complexity index is 866. The number of nitrogens with zero attached hydrogens (tertiary/aromatic N) is 3. The van der Waals surface area contributed by atoms with Gasteiger partial charge in [0, 0.05) is 18.5 Å². The molecule has 2 fully saturated rings. The lowest BCUT2D eigenvalue weighted by Gasteiger charge is -2.26. The van der Waals surface area contributed by atoms with Crippen LogP contribution in [0.1, 0.15) is 61.8 Å². The number of carbonyl (C=O) groups is 1. The van der Waals surface area contributed by atoms with Crippen molar-refractivity contribution in [3.63, 3.8) is 0 Å². The molecular formula is C23H30N4O2S. The van der Waals surface area contributed by atoms with E-state index in [0.717, 1.165) is 48.4 Å². The van der Waals surface area contributed by atoms with E-state index in [1.54, 1.807) is 11.3 Å². The van der Waals surface area contributed by atoms with Crippen LogP contribution in [0, 0.1) is 0 Å². The third kappa shape index (κ3) is 5.46. The van der Waals surface area contributed by atoms with Crippen LogP contribution in [0.4, 0.5) is 5.13 Å². The van der Waals surface area contributed by atoms with Crippen LogP contribution in [0.5, 0.6) is 0 Å². The molecule has 1 amide bonds. The standard InChI is InChI=1S/C23H30N4O2S/c1-17(18-7-9-20(10-8-18)19-5-3-2-4-6-19)25-26-22(28)15-21-16-30-23(24-21)27-11-13-29-14-12-27/h7-10,16,19H,2-6,11-15H2,1H3,(H,26,28). The molecule has 0 unspecified atom stereocenters. The number of carbonyl (C=O) groups excluding carboxylic acids is 1. The highest BCUT2D eigenvalue weighted by atomic mass is 32.1. The van der Waals surface area contributed by atoms with Crippen LogP contribution in [0.2, 0.25) is 0 Å². The number of anilines is 1. The van der Waals surface area contributed by atoms with Crippen molar-refractivity contribution in [2.45, 2.75) is 51.4 Å². The SMILES string of the molecule is CC(=NNC(=O)Cc1csc(N2CCOCC2)n1)c1ccc(C2CCCCC2)cc1. The predicted octanol–water partition coefficient (Wildman–Crippen LogP) is 4.11. The summed E-state index contributed by atoms with van der Waals surface area (Å²) in [5.74, 6) is 0.553. The summed E-state index contributed by atoms with van der Waals surface area (Å²) in [4.78, 5) is 19.1. The molecule has 6 nitrogen and oxygen atoms in total. The number of rotatable bonds is 6. The quantitative estimate of drug-likeness (QED) is 0.558. The molecule has 2 aromatic rings. The average Bonchev–Trinajstić information content (AvgIpc) is 3.27. The first-order valence-corrected chi connectivity index (χ1v) is 11.8. The summed E-state index contributed by atoms with van der Waals surface area (Å²) in [6.45, 7) is 5.08. The summed E-state index contributed by atoms with van der Waals surface area (Å²) in [5.41, 5.74) is 6.73. The van der Waals surface area contributed by atoms with E-state index in [-0.39, 0.29) is 12.3 Å².